The molecule has 1 aliphatic carbocycles. The van der Waals surface area contributed by atoms with Gasteiger partial charge in [-0.1, -0.05) is 24.3 Å². The lowest BCUT2D eigenvalue weighted by atomic mass is 10.1. The van der Waals surface area contributed by atoms with Gasteiger partial charge in [-0.2, -0.15) is 0 Å². The molecule has 0 heterocycles. The zero-order valence-corrected chi connectivity index (χ0v) is 7.29. The summed E-state index contributed by atoms with van der Waals surface area (Å²) in [5, 5.41) is 7.57. The van der Waals surface area contributed by atoms with Crippen LogP contribution in [-0.4, -0.2) is 11.7 Å². The van der Waals surface area contributed by atoms with Crippen LogP contribution in [-0.2, 0) is 0 Å². The van der Waals surface area contributed by atoms with Gasteiger partial charge in [-0.25, -0.2) is 0 Å². The second kappa shape index (κ2) is 9.44. The Kier molecular flexibility index (Phi) is 8.96. The molecule has 1 nitrogen and oxygen atoms in total. The Morgan fingerprint density at radius 3 is 1.82 bits per heavy atom. The van der Waals surface area contributed by atoms with E-state index in [1.165, 1.54) is 25.7 Å². The number of aliphatic hydroxyl groups is 1. The van der Waals surface area contributed by atoms with Crippen molar-refractivity contribution in [3.05, 3.63) is 24.3 Å². The number of hydrogen-bond acceptors (Lipinski definition) is 1. The summed E-state index contributed by atoms with van der Waals surface area (Å²) in [7, 11) is 0. The van der Waals surface area contributed by atoms with Gasteiger partial charge in [0.05, 0.1) is 0 Å². The molecule has 0 saturated heterocycles. The summed E-state index contributed by atoms with van der Waals surface area (Å²) in [6, 6.07) is 0. The molecule has 0 amide bonds. The Labute approximate surface area is 69.4 Å². The summed E-state index contributed by atoms with van der Waals surface area (Å²) in [5.41, 5.74) is 0. The first-order valence-corrected chi connectivity index (χ1v) is 4.34. The third-order valence-electron chi connectivity index (χ3n) is 1.37. The fraction of sp³-hybridized carbons (Fsp3) is 0.600. The SMILES string of the molecule is C1=CCCCCC=C1.CCO. The molecule has 0 bridgehead atoms. The number of allylic oxidation sites excluding steroid dienone is 4. The monoisotopic (exact) mass is 154 g/mol. The zero-order valence-electron chi connectivity index (χ0n) is 7.29. The summed E-state index contributed by atoms with van der Waals surface area (Å²) in [6.45, 7) is 1.93. The van der Waals surface area contributed by atoms with Crippen molar-refractivity contribution in [2.24, 2.45) is 0 Å². The highest BCUT2D eigenvalue weighted by atomic mass is 16.2. The van der Waals surface area contributed by atoms with Crippen LogP contribution >= 0.6 is 0 Å². The molecule has 0 unspecified atom stereocenters. The lowest BCUT2D eigenvalue weighted by molar-refractivity contribution is 0.318. The lowest BCUT2D eigenvalue weighted by Gasteiger charge is -1.94. The van der Waals surface area contributed by atoms with E-state index in [2.05, 4.69) is 24.3 Å². The van der Waals surface area contributed by atoms with E-state index in [-0.39, 0.29) is 6.61 Å². The summed E-state index contributed by atoms with van der Waals surface area (Å²) >= 11 is 0. The Hall–Kier alpha value is -0.560. The van der Waals surface area contributed by atoms with E-state index in [1.54, 1.807) is 6.92 Å². The van der Waals surface area contributed by atoms with E-state index in [9.17, 15) is 0 Å². The maximum Gasteiger partial charge on any atom is 0.0402 e. The third kappa shape index (κ3) is 9.44. The maximum absolute atomic E-state index is 7.57. The molecule has 0 atom stereocenters. The molecule has 1 heteroatoms. The molecule has 11 heavy (non-hydrogen) atoms. The summed E-state index contributed by atoms with van der Waals surface area (Å²) in [5.74, 6) is 0. The van der Waals surface area contributed by atoms with Crippen molar-refractivity contribution in [3.63, 3.8) is 0 Å². The molecule has 0 aromatic carbocycles. The van der Waals surface area contributed by atoms with E-state index in [4.69, 9.17) is 5.11 Å². The van der Waals surface area contributed by atoms with Crippen molar-refractivity contribution in [2.75, 3.05) is 6.61 Å². The van der Waals surface area contributed by atoms with Crippen LogP contribution in [0.15, 0.2) is 24.3 Å². The van der Waals surface area contributed by atoms with Crippen LogP contribution in [0.2, 0.25) is 0 Å². The molecular weight excluding hydrogens is 136 g/mol. The van der Waals surface area contributed by atoms with Gasteiger partial charge in [0.2, 0.25) is 0 Å². The molecule has 0 aromatic rings. The average molecular weight is 154 g/mol. The molecule has 1 aliphatic rings. The van der Waals surface area contributed by atoms with Crippen molar-refractivity contribution < 1.29 is 5.11 Å². The molecule has 0 saturated carbocycles. The molecular formula is C10H18O. The van der Waals surface area contributed by atoms with Gasteiger partial charge in [0, 0.05) is 6.61 Å². The molecule has 0 radical (unpaired) electrons. The predicted molar refractivity (Wildman–Crippen MR) is 49.5 cm³/mol. The van der Waals surface area contributed by atoms with E-state index < -0.39 is 0 Å². The van der Waals surface area contributed by atoms with E-state index in [0.29, 0.717) is 0 Å². The Bertz CT molecular complexity index is 100. The van der Waals surface area contributed by atoms with Gasteiger partial charge < -0.3 is 5.11 Å². The largest absolute Gasteiger partial charge is 0.397 e. The molecule has 0 spiro atoms. The molecule has 0 aromatic heterocycles. The fourth-order valence-corrected chi connectivity index (χ4v) is 0.874. The smallest absolute Gasteiger partial charge is 0.0402 e. The van der Waals surface area contributed by atoms with Crippen LogP contribution in [0.4, 0.5) is 0 Å². The first-order chi connectivity index (χ1) is 5.41. The summed E-state index contributed by atoms with van der Waals surface area (Å²) in [4.78, 5) is 0. The fourth-order valence-electron chi connectivity index (χ4n) is 0.874. The summed E-state index contributed by atoms with van der Waals surface area (Å²) < 4.78 is 0. The van der Waals surface area contributed by atoms with E-state index in [1.807, 2.05) is 0 Å². The van der Waals surface area contributed by atoms with Gasteiger partial charge in [-0.3, -0.25) is 0 Å². The van der Waals surface area contributed by atoms with Crippen molar-refractivity contribution in [2.45, 2.75) is 32.6 Å². The Balaban J connectivity index is 0.000000292. The minimum atomic E-state index is 0.250. The zero-order chi connectivity index (χ0) is 8.36. The van der Waals surface area contributed by atoms with Crippen LogP contribution in [0, 0.1) is 0 Å². The quantitative estimate of drug-likeness (QED) is 0.568. The molecule has 0 aliphatic heterocycles. The topological polar surface area (TPSA) is 20.2 Å². The minimum Gasteiger partial charge on any atom is -0.397 e. The van der Waals surface area contributed by atoms with Crippen molar-refractivity contribution in [3.8, 4) is 0 Å². The predicted octanol–water partition coefficient (Wildman–Crippen LogP) is 2.67. The first kappa shape index (κ1) is 10.4. The summed E-state index contributed by atoms with van der Waals surface area (Å²) in [6.07, 6.45) is 14.0. The van der Waals surface area contributed by atoms with Crippen LogP contribution < -0.4 is 0 Å². The highest BCUT2D eigenvalue weighted by Crippen LogP contribution is 2.04. The van der Waals surface area contributed by atoms with Gasteiger partial charge in [0.1, 0.15) is 0 Å². The van der Waals surface area contributed by atoms with E-state index >= 15 is 0 Å². The molecule has 0 fully saturated rings. The van der Waals surface area contributed by atoms with E-state index in [0.717, 1.165) is 0 Å². The van der Waals surface area contributed by atoms with Crippen molar-refractivity contribution >= 4 is 0 Å². The van der Waals surface area contributed by atoms with Crippen LogP contribution in [0.25, 0.3) is 0 Å². The van der Waals surface area contributed by atoms with Crippen molar-refractivity contribution in [1.29, 1.82) is 0 Å². The van der Waals surface area contributed by atoms with Crippen LogP contribution in [0.5, 0.6) is 0 Å². The molecule has 1 N–H and O–H groups in total. The number of hydrogen-bond donors (Lipinski definition) is 1. The Morgan fingerprint density at radius 2 is 1.45 bits per heavy atom. The normalized spacial score (nSPS) is 16.2. The van der Waals surface area contributed by atoms with Crippen LogP contribution in [0.3, 0.4) is 0 Å². The van der Waals surface area contributed by atoms with Gasteiger partial charge in [-0.05, 0) is 32.6 Å². The number of rotatable bonds is 0. The van der Waals surface area contributed by atoms with Crippen molar-refractivity contribution in [1.82, 2.24) is 0 Å². The average Bonchev–Trinajstić information content (AvgIpc) is 1.86. The highest BCUT2D eigenvalue weighted by Gasteiger charge is 1.84. The minimum absolute atomic E-state index is 0.250. The first-order valence-electron chi connectivity index (χ1n) is 4.34. The third-order valence-corrected chi connectivity index (χ3v) is 1.37. The molecule has 1 rings (SSSR count). The highest BCUT2D eigenvalue weighted by molar-refractivity contribution is 5.03. The molecule has 64 valence electrons. The Morgan fingerprint density at radius 1 is 1.09 bits per heavy atom. The van der Waals surface area contributed by atoms with Gasteiger partial charge in [0.25, 0.3) is 0 Å². The number of aliphatic hydroxyl groups excluding tert-OH is 1. The van der Waals surface area contributed by atoms with Gasteiger partial charge >= 0.3 is 0 Å². The maximum atomic E-state index is 7.57. The van der Waals surface area contributed by atoms with Gasteiger partial charge in [0.15, 0.2) is 0 Å². The lowest BCUT2D eigenvalue weighted by Crippen LogP contribution is -1.74. The van der Waals surface area contributed by atoms with Gasteiger partial charge in [-0.15, -0.1) is 0 Å². The van der Waals surface area contributed by atoms with Crippen LogP contribution in [0.1, 0.15) is 32.6 Å². The second-order valence-corrected chi connectivity index (χ2v) is 2.46. The standard InChI is InChI=1S/C8H12.C2H6O/c1-2-4-6-8-7-5-3-1;1-2-3/h1-4H,5-8H2;3H,2H2,1H3. The second-order valence-electron chi connectivity index (χ2n) is 2.46.